The number of carboxylic acid groups (broad SMARTS) is 1. The minimum absolute atomic E-state index is 0.0660. The van der Waals surface area contributed by atoms with Crippen LogP contribution in [0.1, 0.15) is 102 Å². The molecular formula is C26H48N2O4. The van der Waals surface area contributed by atoms with Gasteiger partial charge in [-0.3, -0.25) is 4.79 Å². The highest BCUT2D eigenvalue weighted by Gasteiger charge is 2.06. The van der Waals surface area contributed by atoms with Crippen molar-refractivity contribution in [2.24, 2.45) is 0 Å². The number of hydrogen-bond acceptors (Lipinski definition) is 5. The minimum Gasteiger partial charge on any atom is -0.483 e. The fourth-order valence-corrected chi connectivity index (χ4v) is 3.63. The summed E-state index contributed by atoms with van der Waals surface area (Å²) in [5.74, 6) is 0. The third-order valence-corrected chi connectivity index (χ3v) is 5.50. The van der Waals surface area contributed by atoms with Gasteiger partial charge in [0.15, 0.2) is 0 Å². The number of aliphatic hydroxyl groups excluding tert-OH is 1. The molecule has 186 valence electrons. The molecule has 2 N–H and O–H groups in total. The van der Waals surface area contributed by atoms with Crippen LogP contribution in [0.5, 0.6) is 0 Å². The number of aliphatic hydroxyl groups is 1. The van der Waals surface area contributed by atoms with E-state index in [1.165, 1.54) is 109 Å². The highest BCUT2D eigenvalue weighted by Crippen LogP contribution is 2.13. The van der Waals surface area contributed by atoms with Crippen LogP contribution in [0.2, 0.25) is 0 Å². The zero-order chi connectivity index (χ0) is 23.7. The minimum atomic E-state index is -0.250. The van der Waals surface area contributed by atoms with Gasteiger partial charge in [0.2, 0.25) is 0 Å². The third kappa shape index (κ3) is 20.0. The van der Waals surface area contributed by atoms with Gasteiger partial charge in [0.25, 0.3) is 6.47 Å². The van der Waals surface area contributed by atoms with Gasteiger partial charge in [0, 0.05) is 31.6 Å². The van der Waals surface area contributed by atoms with Gasteiger partial charge in [-0.15, -0.1) is 0 Å². The van der Waals surface area contributed by atoms with Crippen LogP contribution in [0.4, 0.5) is 0 Å². The monoisotopic (exact) mass is 452 g/mol. The summed E-state index contributed by atoms with van der Waals surface area (Å²) in [5.41, 5.74) is 0.819. The van der Waals surface area contributed by atoms with Gasteiger partial charge in [0.05, 0.1) is 25.8 Å². The topological polar surface area (TPSA) is 77.2 Å². The average molecular weight is 453 g/mol. The van der Waals surface area contributed by atoms with Crippen LogP contribution in [0.3, 0.4) is 0 Å². The van der Waals surface area contributed by atoms with Crippen molar-refractivity contribution in [3.05, 3.63) is 36.6 Å². The quantitative estimate of drug-likeness (QED) is 0.217. The van der Waals surface area contributed by atoms with Gasteiger partial charge in [0.1, 0.15) is 0 Å². The lowest BCUT2D eigenvalue weighted by Crippen LogP contribution is -2.23. The summed E-state index contributed by atoms with van der Waals surface area (Å²) in [7, 11) is 2.14. The molecule has 0 atom stereocenters. The van der Waals surface area contributed by atoms with E-state index in [0.29, 0.717) is 0 Å². The summed E-state index contributed by atoms with van der Waals surface area (Å²) in [6.45, 7) is 4.43. The van der Waals surface area contributed by atoms with E-state index in [1.54, 1.807) is 6.07 Å². The molecule has 2 rings (SSSR count). The van der Waals surface area contributed by atoms with E-state index in [1.807, 2.05) is 0 Å². The largest absolute Gasteiger partial charge is 0.483 e. The van der Waals surface area contributed by atoms with Crippen LogP contribution < -0.4 is 0 Å². The predicted molar refractivity (Wildman–Crippen MR) is 132 cm³/mol. The lowest BCUT2D eigenvalue weighted by molar-refractivity contribution is -0.122. The molecule has 1 aliphatic heterocycles. The number of carbonyl (C=O) groups is 1. The number of nitrogens with zero attached hydrogens (tertiary/aromatic N) is 2. The highest BCUT2D eigenvalue weighted by molar-refractivity contribution is 5.32. The number of hydrogen-bond donors (Lipinski definition) is 2. The molecule has 1 aromatic heterocycles. The Morgan fingerprint density at radius 2 is 1.41 bits per heavy atom. The zero-order valence-electron chi connectivity index (χ0n) is 20.6. The number of rotatable bonds is 16. The van der Waals surface area contributed by atoms with Crippen LogP contribution in [0, 0.1) is 0 Å². The van der Waals surface area contributed by atoms with Crippen molar-refractivity contribution in [3.8, 4) is 0 Å². The second-order valence-electron chi connectivity index (χ2n) is 8.50. The summed E-state index contributed by atoms with van der Waals surface area (Å²) < 4.78 is 4.65. The molecule has 1 aromatic rings. The Bertz CT molecular complexity index is 520. The standard InChI is InChI=1S/C20H40N2.C5H6O2.CH2O2/c1-3-4-5-6-7-8-9-10-11-12-13-14-15-16-17-22-19-18-21(2)20-22;6-3-5-1-2-7-4-5;2-1-3/h18-19H,3-17,20H2,1-2H3;1-2,4,6H,3H2;1H,(H,2,3). The first kappa shape index (κ1) is 30.0. The molecule has 0 saturated heterocycles. The molecule has 2 heterocycles. The van der Waals surface area contributed by atoms with Crippen molar-refractivity contribution < 1.29 is 19.4 Å². The van der Waals surface area contributed by atoms with E-state index in [9.17, 15) is 0 Å². The summed E-state index contributed by atoms with van der Waals surface area (Å²) in [5, 5.41) is 15.3. The Labute approximate surface area is 196 Å². The Hall–Kier alpha value is -1.95. The second kappa shape index (κ2) is 23.7. The van der Waals surface area contributed by atoms with Crippen molar-refractivity contribution in [1.29, 1.82) is 0 Å². The maximum absolute atomic E-state index is 8.37. The fraction of sp³-hybridized carbons (Fsp3) is 0.731. The third-order valence-electron chi connectivity index (χ3n) is 5.50. The fourth-order valence-electron chi connectivity index (χ4n) is 3.63. The molecule has 1 aliphatic rings. The van der Waals surface area contributed by atoms with Crippen LogP contribution in [0.15, 0.2) is 35.4 Å². The maximum atomic E-state index is 8.37. The van der Waals surface area contributed by atoms with Crippen molar-refractivity contribution in [2.45, 2.75) is 103 Å². The van der Waals surface area contributed by atoms with Crippen molar-refractivity contribution in [1.82, 2.24) is 9.80 Å². The van der Waals surface area contributed by atoms with Crippen LogP contribution in [0.25, 0.3) is 0 Å². The number of furan rings is 1. The Kier molecular flexibility index (Phi) is 22.3. The zero-order valence-corrected chi connectivity index (χ0v) is 20.6. The van der Waals surface area contributed by atoms with Crippen molar-refractivity contribution in [2.75, 3.05) is 20.3 Å². The molecule has 0 radical (unpaired) electrons. The molecule has 0 fully saturated rings. The summed E-state index contributed by atoms with van der Waals surface area (Å²) in [6.07, 6.45) is 27.6. The predicted octanol–water partition coefficient (Wildman–Crippen LogP) is 6.62. The van der Waals surface area contributed by atoms with E-state index in [-0.39, 0.29) is 13.1 Å². The lowest BCUT2D eigenvalue weighted by atomic mass is 10.0. The summed E-state index contributed by atoms with van der Waals surface area (Å²) in [6, 6.07) is 1.72. The van der Waals surface area contributed by atoms with Gasteiger partial charge >= 0.3 is 0 Å². The van der Waals surface area contributed by atoms with Gasteiger partial charge in [-0.2, -0.15) is 0 Å². The molecule has 6 nitrogen and oxygen atoms in total. The van der Waals surface area contributed by atoms with E-state index in [0.717, 1.165) is 12.2 Å². The molecule has 0 spiro atoms. The first-order chi connectivity index (χ1) is 15.7. The molecule has 0 aliphatic carbocycles. The van der Waals surface area contributed by atoms with Crippen LogP contribution >= 0.6 is 0 Å². The molecule has 32 heavy (non-hydrogen) atoms. The molecule has 6 heteroatoms. The van der Waals surface area contributed by atoms with Gasteiger partial charge in [-0.1, -0.05) is 90.4 Å². The Morgan fingerprint density at radius 1 is 0.906 bits per heavy atom. The van der Waals surface area contributed by atoms with Gasteiger partial charge in [-0.25, -0.2) is 0 Å². The Balaban J connectivity index is 0.000000790. The molecular weight excluding hydrogens is 404 g/mol. The van der Waals surface area contributed by atoms with Crippen LogP contribution in [-0.4, -0.2) is 46.7 Å². The van der Waals surface area contributed by atoms with E-state index < -0.39 is 0 Å². The summed E-state index contributed by atoms with van der Waals surface area (Å²) >= 11 is 0. The average Bonchev–Trinajstić information content (AvgIpc) is 3.47. The number of unbranched alkanes of at least 4 members (excludes halogenated alkanes) is 13. The van der Waals surface area contributed by atoms with E-state index in [2.05, 4.69) is 40.6 Å². The first-order valence-corrected chi connectivity index (χ1v) is 12.5. The second-order valence-corrected chi connectivity index (χ2v) is 8.50. The summed E-state index contributed by atoms with van der Waals surface area (Å²) in [4.78, 5) is 13.0. The molecule has 0 bridgehead atoms. The van der Waals surface area contributed by atoms with Crippen molar-refractivity contribution in [3.63, 3.8) is 0 Å². The molecule has 0 saturated carbocycles. The first-order valence-electron chi connectivity index (χ1n) is 12.5. The van der Waals surface area contributed by atoms with E-state index >= 15 is 0 Å². The van der Waals surface area contributed by atoms with Crippen LogP contribution in [-0.2, 0) is 11.4 Å². The molecule has 0 unspecified atom stereocenters. The SMILES string of the molecule is CCCCCCCCCCCCCCCCN1C=CN(C)C1.O=CO.OCc1ccoc1. The van der Waals surface area contributed by atoms with Gasteiger partial charge in [-0.05, 0) is 12.5 Å². The molecule has 0 amide bonds. The molecule has 0 aromatic carbocycles. The lowest BCUT2D eigenvalue weighted by Gasteiger charge is -2.17. The van der Waals surface area contributed by atoms with Gasteiger partial charge < -0.3 is 24.4 Å². The maximum Gasteiger partial charge on any atom is 0.290 e. The van der Waals surface area contributed by atoms with Crippen molar-refractivity contribution >= 4 is 6.47 Å². The van der Waals surface area contributed by atoms with E-state index in [4.69, 9.17) is 15.0 Å². The Morgan fingerprint density at radius 3 is 1.75 bits per heavy atom. The highest BCUT2D eigenvalue weighted by atomic mass is 16.3. The smallest absolute Gasteiger partial charge is 0.290 e. The normalized spacial score (nSPS) is 12.2.